The molecule has 11 heteroatoms. The van der Waals surface area contributed by atoms with E-state index in [1.54, 1.807) is 60.7 Å². The molecule has 0 fully saturated rings. The van der Waals surface area contributed by atoms with Crippen molar-refractivity contribution in [3.8, 4) is 5.75 Å². The maximum absolute atomic E-state index is 14.5. The van der Waals surface area contributed by atoms with Gasteiger partial charge in [0.25, 0.3) is 10.0 Å². The summed E-state index contributed by atoms with van der Waals surface area (Å²) in [5.41, 5.74) is 1.72. The molecule has 0 bridgehead atoms. The number of rotatable bonds is 14. The van der Waals surface area contributed by atoms with E-state index in [1.807, 2.05) is 51.1 Å². The molecule has 0 saturated carbocycles. The number of carbonyl (C=O) groups excluding carboxylic acids is 2. The van der Waals surface area contributed by atoms with Crippen molar-refractivity contribution in [2.45, 2.75) is 50.7 Å². The number of carbonyl (C=O) groups is 2. The zero-order chi connectivity index (χ0) is 33.3. The molecule has 8 nitrogen and oxygen atoms in total. The highest BCUT2D eigenvalue weighted by atomic mass is 35.5. The lowest BCUT2D eigenvalue weighted by Crippen LogP contribution is -2.54. The first-order chi connectivity index (χ1) is 22.0. The number of amides is 2. The van der Waals surface area contributed by atoms with Crippen LogP contribution in [-0.4, -0.2) is 50.4 Å². The summed E-state index contributed by atoms with van der Waals surface area (Å²) in [5.74, 6) is -0.394. The quantitative estimate of drug-likeness (QED) is 0.159. The van der Waals surface area contributed by atoms with Crippen LogP contribution in [-0.2, 0) is 32.6 Å². The van der Waals surface area contributed by atoms with Crippen molar-refractivity contribution in [3.63, 3.8) is 0 Å². The second-order valence-electron chi connectivity index (χ2n) is 10.9. The van der Waals surface area contributed by atoms with Gasteiger partial charge in [-0.05, 0) is 80.4 Å². The van der Waals surface area contributed by atoms with Crippen molar-refractivity contribution in [1.82, 2.24) is 10.2 Å². The number of ether oxygens (including phenoxy) is 1. The first-order valence-corrected chi connectivity index (χ1v) is 17.1. The fourth-order valence-electron chi connectivity index (χ4n) is 4.89. The Morgan fingerprint density at radius 3 is 2.04 bits per heavy atom. The van der Waals surface area contributed by atoms with Crippen molar-refractivity contribution in [3.05, 3.63) is 124 Å². The van der Waals surface area contributed by atoms with E-state index in [4.69, 9.17) is 27.9 Å². The van der Waals surface area contributed by atoms with E-state index in [9.17, 15) is 18.0 Å². The molecule has 1 N–H and O–H groups in total. The minimum Gasteiger partial charge on any atom is -0.494 e. The van der Waals surface area contributed by atoms with Crippen LogP contribution in [0.25, 0.3) is 0 Å². The Labute approximate surface area is 280 Å². The number of hydrogen-bond acceptors (Lipinski definition) is 5. The fraction of sp³-hybridized carbons (Fsp3) is 0.257. The highest BCUT2D eigenvalue weighted by Gasteiger charge is 2.35. The van der Waals surface area contributed by atoms with Gasteiger partial charge in [-0.15, -0.1) is 0 Å². The van der Waals surface area contributed by atoms with Crippen LogP contribution in [0, 0.1) is 0 Å². The van der Waals surface area contributed by atoms with Crippen molar-refractivity contribution in [1.29, 1.82) is 0 Å². The molecule has 1 atom stereocenters. The van der Waals surface area contributed by atoms with Crippen LogP contribution in [0.3, 0.4) is 0 Å². The first-order valence-electron chi connectivity index (χ1n) is 14.9. The van der Waals surface area contributed by atoms with Crippen LogP contribution in [0.1, 0.15) is 31.9 Å². The lowest BCUT2D eigenvalue weighted by molar-refractivity contribution is -0.140. The summed E-state index contributed by atoms with van der Waals surface area (Å²) in [5, 5.41) is 3.58. The van der Waals surface area contributed by atoms with Crippen LogP contribution >= 0.6 is 23.2 Å². The largest absolute Gasteiger partial charge is 0.494 e. The monoisotopic (exact) mass is 681 g/mol. The predicted octanol–water partition coefficient (Wildman–Crippen LogP) is 6.75. The summed E-state index contributed by atoms with van der Waals surface area (Å²) in [7, 11) is -4.21. The Hall–Kier alpha value is -4.05. The highest BCUT2D eigenvalue weighted by molar-refractivity contribution is 7.92. The minimum absolute atomic E-state index is 0.0195. The van der Waals surface area contributed by atoms with Gasteiger partial charge in [0.05, 0.1) is 27.2 Å². The fourth-order valence-corrected chi connectivity index (χ4v) is 6.65. The molecular weight excluding hydrogens is 645 g/mol. The van der Waals surface area contributed by atoms with Gasteiger partial charge in [-0.1, -0.05) is 77.8 Å². The topological polar surface area (TPSA) is 96.0 Å². The third-order valence-corrected chi connectivity index (χ3v) is 9.61. The Bertz CT molecular complexity index is 1720. The number of anilines is 1. The Morgan fingerprint density at radius 2 is 1.46 bits per heavy atom. The number of nitrogens with one attached hydrogen (secondary N) is 1. The van der Waals surface area contributed by atoms with Crippen LogP contribution in [0.5, 0.6) is 5.75 Å². The van der Waals surface area contributed by atoms with Crippen LogP contribution in [0.4, 0.5) is 5.69 Å². The summed E-state index contributed by atoms with van der Waals surface area (Å²) < 4.78 is 34.8. The smallest absolute Gasteiger partial charge is 0.264 e. The summed E-state index contributed by atoms with van der Waals surface area (Å²) in [4.78, 5) is 29.7. The molecule has 0 aromatic heterocycles. The molecule has 0 aliphatic heterocycles. The molecule has 0 radical (unpaired) electrons. The molecular formula is C35H37Cl2N3O5S. The van der Waals surface area contributed by atoms with Crippen LogP contribution < -0.4 is 14.4 Å². The number of sulfonamides is 1. The van der Waals surface area contributed by atoms with Crippen molar-refractivity contribution < 1.29 is 22.7 Å². The van der Waals surface area contributed by atoms with E-state index in [-0.39, 0.29) is 35.5 Å². The van der Waals surface area contributed by atoms with E-state index in [2.05, 4.69) is 5.32 Å². The Balaban J connectivity index is 1.81. The molecule has 0 aliphatic carbocycles. The second kappa shape index (κ2) is 16.0. The van der Waals surface area contributed by atoms with E-state index in [1.165, 1.54) is 17.0 Å². The van der Waals surface area contributed by atoms with Gasteiger partial charge >= 0.3 is 0 Å². The summed E-state index contributed by atoms with van der Waals surface area (Å²) in [6, 6.07) is 27.5. The number of halogens is 2. The predicted molar refractivity (Wildman–Crippen MR) is 183 cm³/mol. The maximum atomic E-state index is 14.5. The van der Waals surface area contributed by atoms with E-state index in [0.717, 1.165) is 9.87 Å². The number of nitrogens with zero attached hydrogens (tertiary/aromatic N) is 2. The standard InChI is InChI=1S/C35H37Cl2N3O5S/c1-4-45-29-18-16-28(17-19-29)40(46(43,44)30-13-9-6-10-14-30)24-34(41)39(23-27-15-20-31(36)32(37)21-27)33(35(42)38-25(2)3)22-26-11-7-5-8-12-26/h5-21,25,33H,4,22-24H2,1-3H3,(H,38,42)/t33-/m1/s1. The van der Waals surface area contributed by atoms with Crippen LogP contribution in [0.15, 0.2) is 108 Å². The molecule has 0 unspecified atom stereocenters. The van der Waals surface area contributed by atoms with Crippen molar-refractivity contribution >= 4 is 50.7 Å². The zero-order valence-corrected chi connectivity index (χ0v) is 28.2. The zero-order valence-electron chi connectivity index (χ0n) is 25.9. The Kier molecular flexibility index (Phi) is 12.1. The van der Waals surface area contributed by atoms with Gasteiger partial charge in [-0.2, -0.15) is 0 Å². The van der Waals surface area contributed by atoms with Crippen LogP contribution in [0.2, 0.25) is 10.0 Å². The second-order valence-corrected chi connectivity index (χ2v) is 13.6. The third-order valence-electron chi connectivity index (χ3n) is 7.08. The van der Waals surface area contributed by atoms with E-state index in [0.29, 0.717) is 28.0 Å². The molecule has 4 aromatic carbocycles. The Morgan fingerprint density at radius 1 is 0.826 bits per heavy atom. The summed E-state index contributed by atoms with van der Waals surface area (Å²) in [6.45, 7) is 5.36. The lowest BCUT2D eigenvalue weighted by atomic mass is 10.0. The number of hydrogen-bond donors (Lipinski definition) is 1. The molecule has 0 saturated heterocycles. The third kappa shape index (κ3) is 9.02. The molecule has 2 amide bonds. The normalized spacial score (nSPS) is 12.0. The summed E-state index contributed by atoms with van der Waals surface area (Å²) in [6.07, 6.45) is 0.195. The highest BCUT2D eigenvalue weighted by Crippen LogP contribution is 2.28. The maximum Gasteiger partial charge on any atom is 0.264 e. The van der Waals surface area contributed by atoms with Gasteiger partial charge in [0.1, 0.15) is 18.3 Å². The summed E-state index contributed by atoms with van der Waals surface area (Å²) >= 11 is 12.5. The first kappa shape index (κ1) is 34.8. The van der Waals surface area contributed by atoms with Gasteiger partial charge in [-0.3, -0.25) is 13.9 Å². The lowest BCUT2D eigenvalue weighted by Gasteiger charge is -2.34. The van der Waals surface area contributed by atoms with Crippen molar-refractivity contribution in [2.75, 3.05) is 17.5 Å². The van der Waals surface area contributed by atoms with E-state index >= 15 is 0 Å². The average Bonchev–Trinajstić information content (AvgIpc) is 3.04. The van der Waals surface area contributed by atoms with Gasteiger partial charge < -0.3 is 15.0 Å². The van der Waals surface area contributed by atoms with Gasteiger partial charge in [0.15, 0.2) is 0 Å². The molecule has 0 aliphatic rings. The SMILES string of the molecule is CCOc1ccc(N(CC(=O)N(Cc2ccc(Cl)c(Cl)c2)[C@H](Cc2ccccc2)C(=O)NC(C)C)S(=O)(=O)c2ccccc2)cc1. The molecule has 46 heavy (non-hydrogen) atoms. The minimum atomic E-state index is -4.21. The molecule has 0 heterocycles. The van der Waals surface area contributed by atoms with E-state index < -0.39 is 28.5 Å². The average molecular weight is 683 g/mol. The number of benzene rings is 4. The van der Waals surface area contributed by atoms with Gasteiger partial charge in [0, 0.05) is 19.0 Å². The molecule has 4 aromatic rings. The molecule has 4 rings (SSSR count). The molecule has 242 valence electrons. The molecule has 0 spiro atoms. The van der Waals surface area contributed by atoms with Gasteiger partial charge in [0.2, 0.25) is 11.8 Å². The van der Waals surface area contributed by atoms with Crippen molar-refractivity contribution in [2.24, 2.45) is 0 Å². The van der Waals surface area contributed by atoms with Gasteiger partial charge in [-0.25, -0.2) is 8.42 Å².